The van der Waals surface area contributed by atoms with Gasteiger partial charge in [-0.2, -0.15) is 0 Å². The van der Waals surface area contributed by atoms with Crippen molar-refractivity contribution in [2.24, 2.45) is 0 Å². The van der Waals surface area contributed by atoms with Gasteiger partial charge < -0.3 is 46.0 Å². The molecule has 0 heterocycles. The quantitative estimate of drug-likeness (QED) is 0.175. The lowest BCUT2D eigenvalue weighted by molar-refractivity contribution is -0.170. The number of hydrogen-bond acceptors (Lipinski definition) is 10. The van der Waals surface area contributed by atoms with E-state index in [9.17, 15) is 19.2 Å². The fourth-order valence-electron chi connectivity index (χ4n) is 1.32. The molecule has 0 unspecified atom stereocenters. The minimum Gasteiger partial charge on any atom is -0.481 e. The third-order valence-corrected chi connectivity index (χ3v) is 2.68. The molecule has 13 heteroatoms. The molecule has 0 bridgehead atoms. The maximum absolute atomic E-state index is 10.5. The lowest BCUT2D eigenvalue weighted by atomic mass is 9.96. The van der Waals surface area contributed by atoms with Crippen molar-refractivity contribution in [3.05, 3.63) is 0 Å². The van der Waals surface area contributed by atoms with E-state index in [2.05, 4.69) is 0 Å². The number of aliphatic carboxylic acids is 3. The molecular formula is C12H20O13. The molecule has 146 valence electrons. The van der Waals surface area contributed by atoms with Crippen molar-refractivity contribution in [2.45, 2.75) is 36.8 Å². The van der Waals surface area contributed by atoms with Crippen molar-refractivity contribution in [3.8, 4) is 0 Å². The van der Waals surface area contributed by atoms with Gasteiger partial charge in [-0.1, -0.05) is 0 Å². The average molecular weight is 372 g/mol. The summed E-state index contributed by atoms with van der Waals surface area (Å²) in [7, 11) is 0. The van der Waals surface area contributed by atoms with E-state index in [-0.39, 0.29) is 0 Å². The van der Waals surface area contributed by atoms with E-state index in [1.165, 1.54) is 0 Å². The average Bonchev–Trinajstić information content (AvgIpc) is 2.50. The van der Waals surface area contributed by atoms with E-state index in [1.54, 1.807) is 0 Å². The molecule has 0 aliphatic carbocycles. The Morgan fingerprint density at radius 1 is 0.840 bits per heavy atom. The van der Waals surface area contributed by atoms with E-state index in [1.807, 2.05) is 0 Å². The van der Waals surface area contributed by atoms with Crippen molar-refractivity contribution in [1.29, 1.82) is 0 Å². The van der Waals surface area contributed by atoms with Gasteiger partial charge in [0.05, 0.1) is 19.4 Å². The molecule has 0 fully saturated rings. The molecule has 0 saturated heterocycles. The summed E-state index contributed by atoms with van der Waals surface area (Å²) < 4.78 is 0. The molecule has 25 heavy (non-hydrogen) atoms. The lowest BCUT2D eigenvalue weighted by Gasteiger charge is -2.19. The second-order valence-electron chi connectivity index (χ2n) is 4.79. The Kier molecular flexibility index (Phi) is 11.4. The van der Waals surface area contributed by atoms with Crippen LogP contribution in [0.2, 0.25) is 0 Å². The Morgan fingerprint density at radius 2 is 1.24 bits per heavy atom. The first-order chi connectivity index (χ1) is 11.3. The Morgan fingerprint density at radius 3 is 1.48 bits per heavy atom. The summed E-state index contributed by atoms with van der Waals surface area (Å²) in [6.07, 6.45) is -7.51. The van der Waals surface area contributed by atoms with E-state index in [0.29, 0.717) is 0 Å². The largest absolute Gasteiger partial charge is 0.481 e. The summed E-state index contributed by atoms with van der Waals surface area (Å²) in [5.74, 6) is -6.02. The van der Waals surface area contributed by atoms with Crippen molar-refractivity contribution in [1.82, 2.24) is 0 Å². The topological polar surface area (TPSA) is 250 Å². The molecule has 0 aromatic rings. The Balaban J connectivity index is 0. The highest BCUT2D eigenvalue weighted by Gasteiger charge is 2.40. The van der Waals surface area contributed by atoms with Gasteiger partial charge in [-0.3, -0.25) is 14.4 Å². The molecule has 0 saturated carbocycles. The van der Waals surface area contributed by atoms with Crippen molar-refractivity contribution >= 4 is 23.7 Å². The van der Waals surface area contributed by atoms with Gasteiger partial charge in [0.15, 0.2) is 11.4 Å². The van der Waals surface area contributed by atoms with Crippen LogP contribution >= 0.6 is 0 Å². The zero-order chi connectivity index (χ0) is 20.4. The molecule has 0 spiro atoms. The number of carboxylic acid groups (broad SMARTS) is 3. The molecule has 0 aromatic heterocycles. The molecule has 0 radical (unpaired) electrons. The summed E-state index contributed by atoms with van der Waals surface area (Å²) in [5, 5.41) is 76.9. The third-order valence-electron chi connectivity index (χ3n) is 2.68. The number of carbonyl (C=O) groups excluding carboxylic acids is 1. The third kappa shape index (κ3) is 9.65. The first-order valence-corrected chi connectivity index (χ1v) is 6.50. The number of aliphatic hydroxyl groups excluding tert-OH is 5. The lowest BCUT2D eigenvalue weighted by Crippen LogP contribution is -2.44. The highest BCUT2D eigenvalue weighted by molar-refractivity contribution is 5.88. The molecule has 0 aromatic carbocycles. The molecule has 0 aliphatic rings. The first-order valence-electron chi connectivity index (χ1n) is 6.50. The maximum atomic E-state index is 10.5. The summed E-state index contributed by atoms with van der Waals surface area (Å²) >= 11 is 0. The normalized spacial score (nSPS) is 14.5. The molecule has 0 aliphatic heterocycles. The number of carbonyl (C=O) groups is 4. The van der Waals surface area contributed by atoms with Crippen molar-refractivity contribution in [3.63, 3.8) is 0 Å². The SMILES string of the molecule is O=C(CO)[C@H](O)[C@H](O)[C@H](O)CO.O=C(O)CC(O)(CC(=O)O)C(=O)O. The minimum absolute atomic E-state index is 0.767. The first kappa shape index (κ1) is 25.1. The number of hydrogen-bond donors (Lipinski definition) is 9. The second-order valence-corrected chi connectivity index (χ2v) is 4.79. The number of aliphatic hydroxyl groups is 6. The fraction of sp³-hybridized carbons (Fsp3) is 0.667. The smallest absolute Gasteiger partial charge is 0.336 e. The van der Waals surface area contributed by atoms with Crippen molar-refractivity contribution in [2.75, 3.05) is 13.2 Å². The van der Waals surface area contributed by atoms with Crippen LogP contribution in [0.3, 0.4) is 0 Å². The van der Waals surface area contributed by atoms with E-state index < -0.39 is 73.7 Å². The van der Waals surface area contributed by atoms with Crippen LogP contribution in [0.5, 0.6) is 0 Å². The standard InChI is InChI=1S/C6H8O7.C6H12O6/c7-3(8)1-6(13,5(11)12)2-4(9)10;7-1-3(9)5(11)6(12)4(10)2-8/h13H,1-2H2,(H,7,8)(H,9,10)(H,11,12);3,5-9,11-12H,1-2H2/t;3-,5-,6+/m.1/s1. The van der Waals surface area contributed by atoms with E-state index in [4.69, 9.17) is 46.0 Å². The summed E-state index contributed by atoms with van der Waals surface area (Å²) in [6, 6.07) is 0. The van der Waals surface area contributed by atoms with Crippen LogP contribution in [0, 0.1) is 0 Å². The van der Waals surface area contributed by atoms with Gasteiger partial charge in [-0.05, 0) is 0 Å². The van der Waals surface area contributed by atoms with Gasteiger partial charge in [0.2, 0.25) is 0 Å². The van der Waals surface area contributed by atoms with E-state index >= 15 is 0 Å². The zero-order valence-electron chi connectivity index (χ0n) is 12.7. The molecule has 0 rings (SSSR count). The van der Waals surface area contributed by atoms with Gasteiger partial charge in [0, 0.05) is 0 Å². The van der Waals surface area contributed by atoms with Crippen LogP contribution in [0.15, 0.2) is 0 Å². The van der Waals surface area contributed by atoms with Crippen LogP contribution in [-0.4, -0.2) is 107 Å². The molecule has 0 amide bonds. The number of carboxylic acids is 3. The predicted molar refractivity (Wildman–Crippen MR) is 74.3 cm³/mol. The van der Waals surface area contributed by atoms with E-state index in [0.717, 1.165) is 0 Å². The Bertz CT molecular complexity index is 458. The summed E-state index contributed by atoms with van der Waals surface area (Å²) in [4.78, 5) is 41.0. The predicted octanol–water partition coefficient (Wildman–Crippen LogP) is -4.63. The Labute approximate surface area is 140 Å². The zero-order valence-corrected chi connectivity index (χ0v) is 12.7. The van der Waals surface area contributed by atoms with Crippen LogP contribution in [0.1, 0.15) is 12.8 Å². The van der Waals surface area contributed by atoms with Gasteiger partial charge in [-0.25, -0.2) is 4.79 Å². The van der Waals surface area contributed by atoms with Gasteiger partial charge in [0.1, 0.15) is 24.9 Å². The van der Waals surface area contributed by atoms with Crippen LogP contribution in [0.25, 0.3) is 0 Å². The van der Waals surface area contributed by atoms with Crippen LogP contribution < -0.4 is 0 Å². The Hall–Kier alpha value is -2.16. The molecular weight excluding hydrogens is 352 g/mol. The molecule has 9 N–H and O–H groups in total. The molecule has 13 nitrogen and oxygen atoms in total. The fourth-order valence-corrected chi connectivity index (χ4v) is 1.32. The number of rotatable bonds is 10. The highest BCUT2D eigenvalue weighted by Crippen LogP contribution is 2.15. The second kappa shape index (κ2) is 11.4. The van der Waals surface area contributed by atoms with Gasteiger partial charge in [-0.15, -0.1) is 0 Å². The van der Waals surface area contributed by atoms with Crippen LogP contribution in [0.4, 0.5) is 0 Å². The van der Waals surface area contributed by atoms with Gasteiger partial charge >= 0.3 is 17.9 Å². The van der Waals surface area contributed by atoms with Crippen molar-refractivity contribution < 1.29 is 65.1 Å². The number of ketones is 1. The van der Waals surface area contributed by atoms with Crippen LogP contribution in [-0.2, 0) is 19.2 Å². The van der Waals surface area contributed by atoms with Gasteiger partial charge in [0.25, 0.3) is 0 Å². The highest BCUT2D eigenvalue weighted by atomic mass is 16.4. The summed E-state index contributed by atoms with van der Waals surface area (Å²) in [5.41, 5.74) is -2.74. The maximum Gasteiger partial charge on any atom is 0.336 e. The molecule has 3 atom stereocenters. The monoisotopic (exact) mass is 372 g/mol. The minimum atomic E-state index is -2.74. The summed E-state index contributed by atoms with van der Waals surface area (Å²) in [6.45, 7) is -1.69. The number of Topliss-reactive ketones (excluding diaryl/α,β-unsaturated/α-hetero) is 1.